The highest BCUT2D eigenvalue weighted by Gasteiger charge is 2.35. The first-order valence-corrected chi connectivity index (χ1v) is 12.2. The minimum absolute atomic E-state index is 0.295. The van der Waals surface area contributed by atoms with Crippen molar-refractivity contribution in [3.05, 3.63) is 0 Å². The van der Waals surface area contributed by atoms with Crippen molar-refractivity contribution in [3.8, 4) is 0 Å². The molecule has 0 radical (unpaired) electrons. The van der Waals surface area contributed by atoms with Crippen molar-refractivity contribution >= 4 is 24.9 Å². The molecule has 0 unspecified atom stereocenters. The molecule has 0 atom stereocenters. The van der Waals surface area contributed by atoms with Crippen LogP contribution in [0.1, 0.15) is 0 Å². The summed E-state index contributed by atoms with van der Waals surface area (Å²) in [6.45, 7) is 0. The van der Waals surface area contributed by atoms with Crippen molar-refractivity contribution in [1.82, 2.24) is 0 Å². The molecule has 144 valence electrons. The van der Waals surface area contributed by atoms with Gasteiger partial charge in [-0.2, -0.15) is 0 Å². The summed E-state index contributed by atoms with van der Waals surface area (Å²) in [5, 5.41) is 68.4. The van der Waals surface area contributed by atoms with E-state index >= 15 is 0 Å². The van der Waals surface area contributed by atoms with Gasteiger partial charge < -0.3 is 45.4 Å². The van der Waals surface area contributed by atoms with Gasteiger partial charge in [-0.05, 0) is 0 Å². The Kier molecular flexibility index (Phi) is 18.1. The molecule has 0 saturated heterocycles. The molecule has 0 amide bonds. The molecule has 15 heteroatoms. The molecule has 0 fully saturated rings. The van der Waals surface area contributed by atoms with E-state index in [0.717, 1.165) is 0 Å². The lowest BCUT2D eigenvalue weighted by molar-refractivity contribution is 0.287. The van der Waals surface area contributed by atoms with Gasteiger partial charge in [-0.1, -0.05) is 0 Å². The normalized spacial score (nSPS) is 11.9. The molecule has 0 aliphatic rings. The first-order valence-electron chi connectivity index (χ1n) is 5.74. The van der Waals surface area contributed by atoms with E-state index in [9.17, 15) is 0 Å². The summed E-state index contributed by atoms with van der Waals surface area (Å²) >= 11 is 0. The number of rotatable bonds is 8. The minimum atomic E-state index is -4.92. The van der Waals surface area contributed by atoms with Gasteiger partial charge in [-0.25, -0.2) is 8.42 Å². The van der Waals surface area contributed by atoms with Crippen LogP contribution < -0.4 is 0 Å². The summed E-state index contributed by atoms with van der Waals surface area (Å²) < 4.78 is 32.8. The van der Waals surface area contributed by atoms with Crippen LogP contribution in [-0.4, -0.2) is 109 Å². The molecule has 23 heavy (non-hydrogen) atoms. The molecule has 0 aliphatic carbocycles. The predicted octanol–water partition coefficient (Wildman–Crippen LogP) is -3.39. The van der Waals surface area contributed by atoms with E-state index in [-0.39, 0.29) is 50.8 Å². The lowest BCUT2D eigenvalue weighted by Crippen LogP contribution is -2.10. The van der Waals surface area contributed by atoms with E-state index in [1.807, 2.05) is 0 Å². The molecule has 0 aromatic rings. The third kappa shape index (κ3) is 15.7. The second-order valence-electron chi connectivity index (χ2n) is 4.24. The van der Waals surface area contributed by atoms with Crippen molar-refractivity contribution < 1.29 is 58.4 Å². The molecule has 12 nitrogen and oxygen atoms in total. The topological polar surface area (TPSA) is 239 Å². The van der Waals surface area contributed by atoms with E-state index in [0.29, 0.717) is 0 Å². The highest BCUT2D eigenvalue weighted by molar-refractivity contribution is 7.79. The summed E-state index contributed by atoms with van der Waals surface area (Å²) in [6, 6.07) is 0. The van der Waals surface area contributed by atoms with Crippen molar-refractivity contribution in [2.24, 2.45) is 0 Å². The van der Waals surface area contributed by atoms with E-state index in [1.165, 1.54) is 0 Å². The van der Waals surface area contributed by atoms with Crippen LogP contribution in [0.5, 0.6) is 0 Å². The number of aliphatic hydroxyl groups is 8. The summed E-state index contributed by atoms with van der Waals surface area (Å²) in [7, 11) is -9.31. The van der Waals surface area contributed by atoms with Crippen molar-refractivity contribution in [2.45, 2.75) is 0 Å². The Morgan fingerprint density at radius 3 is 0.652 bits per heavy atom. The van der Waals surface area contributed by atoms with Gasteiger partial charge in [0.1, 0.15) is 14.5 Å². The molecule has 0 spiro atoms. The van der Waals surface area contributed by atoms with Gasteiger partial charge in [0.05, 0.1) is 0 Å². The fraction of sp³-hybridized carbons (Fsp3) is 1.00. The van der Waals surface area contributed by atoms with Gasteiger partial charge in [0.15, 0.2) is 50.8 Å². The fourth-order valence-electron chi connectivity index (χ4n) is 0.537. The molecule has 0 saturated carbocycles. The van der Waals surface area contributed by atoms with E-state index in [1.54, 1.807) is 0 Å². The Bertz CT molecular complexity index is 293. The van der Waals surface area contributed by atoms with Crippen molar-refractivity contribution in [2.75, 3.05) is 50.8 Å². The Morgan fingerprint density at radius 2 is 0.652 bits per heavy atom. The van der Waals surface area contributed by atoms with E-state index in [2.05, 4.69) is 0 Å². The Balaban J connectivity index is -0.000000273. The second kappa shape index (κ2) is 14.7. The Morgan fingerprint density at radius 1 is 0.565 bits per heavy atom. The maximum absolute atomic E-state index is 8.63. The average Bonchev–Trinajstić information content (AvgIpc) is 2.52. The lowest BCUT2D eigenvalue weighted by atomic mass is 11.6. The van der Waals surface area contributed by atoms with Gasteiger partial charge in [-0.15, -0.1) is 0 Å². The number of hydrogen-bond donors (Lipinski definition) is 9. The minimum Gasteiger partial charge on any atom is -0.726 e. The van der Waals surface area contributed by atoms with Gasteiger partial charge in [0.25, 0.3) is 0 Å². The lowest BCUT2D eigenvalue weighted by Gasteiger charge is -2.15. The Labute approximate surface area is 134 Å². The zero-order valence-electron chi connectivity index (χ0n) is 12.2. The van der Waals surface area contributed by atoms with Crippen LogP contribution in [0, 0.1) is 0 Å². The molecule has 0 aliphatic heterocycles. The summed E-state index contributed by atoms with van der Waals surface area (Å²) in [6.07, 6.45) is -2.36. The third-order valence-corrected chi connectivity index (χ3v) is 7.20. The average molecular weight is 407 g/mol. The van der Waals surface area contributed by atoms with Crippen LogP contribution in [0.4, 0.5) is 0 Å². The zero-order chi connectivity index (χ0) is 19.2. The first kappa shape index (κ1) is 28.2. The van der Waals surface area contributed by atoms with Gasteiger partial charge >= 0.3 is 0 Å². The standard InChI is InChI=1S/2C4H12O4P.H2O4S/c2*5-1-9(2-6,3-7)4-8;1-5(2,3)4/h2*5-8H,1-4H2;(H2,1,2,3,4)/q2*+1;/p-1. The van der Waals surface area contributed by atoms with Crippen LogP contribution in [0.25, 0.3) is 0 Å². The summed E-state index contributed by atoms with van der Waals surface area (Å²) in [4.78, 5) is 0. The molecule has 0 aromatic carbocycles. The summed E-state index contributed by atoms with van der Waals surface area (Å²) in [5.74, 6) is 0. The van der Waals surface area contributed by atoms with E-state index < -0.39 is 24.9 Å². The fourth-order valence-corrected chi connectivity index (χ4v) is 1.61. The molecule has 0 rings (SSSR count). The molecule has 0 heterocycles. The van der Waals surface area contributed by atoms with Gasteiger partial charge in [0, 0.05) is 0 Å². The molecular formula is C8H25O12P2S+. The molecule has 9 N–H and O–H groups in total. The van der Waals surface area contributed by atoms with E-state index in [4.69, 9.17) is 58.4 Å². The predicted molar refractivity (Wildman–Crippen MR) is 82.9 cm³/mol. The molecular weight excluding hydrogens is 382 g/mol. The van der Waals surface area contributed by atoms with Crippen LogP contribution in [0.15, 0.2) is 0 Å². The maximum Gasteiger partial charge on any atom is 0.215 e. The highest BCUT2D eigenvalue weighted by Crippen LogP contribution is 2.55. The SMILES string of the molecule is O=S(=O)([O-])O.OC[P+](CO)(CO)CO.OC[P+](CO)(CO)CO. The van der Waals surface area contributed by atoms with Gasteiger partial charge in [0.2, 0.25) is 10.4 Å². The Hall–Kier alpha value is 0.410. The third-order valence-electron chi connectivity index (χ3n) is 2.40. The van der Waals surface area contributed by atoms with Crippen LogP contribution in [-0.2, 0) is 10.4 Å². The smallest absolute Gasteiger partial charge is 0.215 e. The van der Waals surface area contributed by atoms with Crippen molar-refractivity contribution in [3.63, 3.8) is 0 Å². The van der Waals surface area contributed by atoms with Crippen molar-refractivity contribution in [1.29, 1.82) is 0 Å². The first-order chi connectivity index (χ1) is 10.5. The van der Waals surface area contributed by atoms with Crippen LogP contribution >= 0.6 is 14.5 Å². The largest absolute Gasteiger partial charge is 0.726 e. The monoisotopic (exact) mass is 407 g/mol. The maximum atomic E-state index is 8.63. The number of aliphatic hydroxyl groups excluding tert-OH is 8. The van der Waals surface area contributed by atoms with Crippen LogP contribution in [0.3, 0.4) is 0 Å². The van der Waals surface area contributed by atoms with Gasteiger partial charge in [-0.3, -0.25) is 4.55 Å². The second-order valence-corrected chi connectivity index (χ2v) is 12.7. The number of hydrogen-bond acceptors (Lipinski definition) is 11. The van der Waals surface area contributed by atoms with Crippen LogP contribution in [0.2, 0.25) is 0 Å². The quantitative estimate of drug-likeness (QED) is 0.109. The highest BCUT2D eigenvalue weighted by atomic mass is 32.3. The zero-order valence-corrected chi connectivity index (χ0v) is 14.8. The summed E-state index contributed by atoms with van der Waals surface area (Å²) in [5.41, 5.74) is 0. The molecule has 0 bridgehead atoms. The molecule has 0 aromatic heterocycles.